The van der Waals surface area contributed by atoms with E-state index in [0.29, 0.717) is 25.4 Å². The van der Waals surface area contributed by atoms with Crippen LogP contribution in [0.5, 0.6) is 0 Å². The topological polar surface area (TPSA) is 58.4 Å². The zero-order valence-corrected chi connectivity index (χ0v) is 16.7. The fraction of sp³-hybridized carbons (Fsp3) is 0.304. The molecule has 0 aliphatic carbocycles. The molecular formula is C23H27N3O2. The van der Waals surface area contributed by atoms with Gasteiger partial charge in [-0.25, -0.2) is 4.79 Å². The number of aryl methyl sites for hydroxylation is 2. The molecule has 3 aromatic rings. The van der Waals surface area contributed by atoms with Crippen molar-refractivity contribution in [3.8, 4) is 11.3 Å². The second-order valence-electron chi connectivity index (χ2n) is 7.06. The van der Waals surface area contributed by atoms with Crippen LogP contribution in [-0.2, 0) is 13.1 Å². The molecule has 0 unspecified atom stereocenters. The molecule has 28 heavy (non-hydrogen) atoms. The van der Waals surface area contributed by atoms with Crippen LogP contribution < -0.4 is 5.32 Å². The maximum absolute atomic E-state index is 12.6. The van der Waals surface area contributed by atoms with Gasteiger partial charge in [-0.05, 0) is 43.0 Å². The Morgan fingerprint density at radius 1 is 1.04 bits per heavy atom. The molecule has 0 radical (unpaired) electrons. The van der Waals surface area contributed by atoms with Crippen molar-refractivity contribution in [3.05, 3.63) is 77.0 Å². The maximum Gasteiger partial charge on any atom is 0.318 e. The summed E-state index contributed by atoms with van der Waals surface area (Å²) < 4.78 is 5.55. The van der Waals surface area contributed by atoms with E-state index in [1.807, 2.05) is 49.4 Å². The third kappa shape index (κ3) is 5.00. The van der Waals surface area contributed by atoms with Crippen molar-refractivity contribution in [2.45, 2.75) is 40.3 Å². The Morgan fingerprint density at radius 2 is 1.82 bits per heavy atom. The highest BCUT2D eigenvalue weighted by molar-refractivity contribution is 5.74. The lowest BCUT2D eigenvalue weighted by atomic mass is 10.0. The first-order valence-electron chi connectivity index (χ1n) is 9.66. The van der Waals surface area contributed by atoms with Gasteiger partial charge in [0.05, 0.1) is 6.54 Å². The van der Waals surface area contributed by atoms with E-state index in [1.54, 1.807) is 4.90 Å². The molecule has 0 spiro atoms. The second kappa shape index (κ2) is 9.22. The van der Waals surface area contributed by atoms with Crippen LogP contribution in [-0.4, -0.2) is 22.6 Å². The number of nitrogens with zero attached hydrogens (tertiary/aromatic N) is 2. The average molecular weight is 377 g/mol. The van der Waals surface area contributed by atoms with Crippen LogP contribution in [0.1, 0.15) is 35.7 Å². The van der Waals surface area contributed by atoms with Crippen LogP contribution in [0.4, 0.5) is 4.79 Å². The van der Waals surface area contributed by atoms with Crippen LogP contribution in [0, 0.1) is 13.8 Å². The van der Waals surface area contributed by atoms with E-state index < -0.39 is 0 Å². The highest BCUT2D eigenvalue weighted by atomic mass is 16.5. The minimum absolute atomic E-state index is 0.0959. The summed E-state index contributed by atoms with van der Waals surface area (Å²) in [5.74, 6) is 0.715. The Balaban J connectivity index is 1.77. The molecule has 0 aliphatic heterocycles. The van der Waals surface area contributed by atoms with Gasteiger partial charge in [0.25, 0.3) is 0 Å². The van der Waals surface area contributed by atoms with Gasteiger partial charge in [-0.2, -0.15) is 0 Å². The molecule has 1 heterocycles. The number of rotatable bonds is 7. The van der Waals surface area contributed by atoms with E-state index in [-0.39, 0.29) is 6.03 Å². The first kappa shape index (κ1) is 19.7. The molecule has 0 saturated heterocycles. The first-order chi connectivity index (χ1) is 13.6. The van der Waals surface area contributed by atoms with E-state index in [4.69, 9.17) is 4.52 Å². The fourth-order valence-electron chi connectivity index (χ4n) is 2.96. The minimum Gasteiger partial charge on any atom is -0.356 e. The quantitative estimate of drug-likeness (QED) is 0.625. The van der Waals surface area contributed by atoms with Gasteiger partial charge >= 0.3 is 6.03 Å². The highest BCUT2D eigenvalue weighted by Gasteiger charge is 2.17. The number of hydrogen-bond acceptors (Lipinski definition) is 3. The number of benzene rings is 2. The second-order valence-corrected chi connectivity index (χ2v) is 7.06. The SMILES string of the molecule is CCCNC(=O)N(Cc1ccccc1)Cc1cc(-c2ccc(C)c(C)c2)on1. The van der Waals surface area contributed by atoms with Crippen LogP contribution in [0.25, 0.3) is 11.3 Å². The molecule has 0 aliphatic rings. The lowest BCUT2D eigenvalue weighted by Crippen LogP contribution is -2.39. The summed E-state index contributed by atoms with van der Waals surface area (Å²) in [5, 5.41) is 7.15. The van der Waals surface area contributed by atoms with Crippen molar-refractivity contribution in [2.75, 3.05) is 6.54 Å². The van der Waals surface area contributed by atoms with E-state index >= 15 is 0 Å². The maximum atomic E-state index is 12.6. The number of carbonyl (C=O) groups is 1. The Kier molecular flexibility index (Phi) is 6.48. The summed E-state index contributed by atoms with van der Waals surface area (Å²) in [7, 11) is 0. The number of amides is 2. The highest BCUT2D eigenvalue weighted by Crippen LogP contribution is 2.23. The predicted octanol–water partition coefficient (Wildman–Crippen LogP) is 5.08. The van der Waals surface area contributed by atoms with Crippen LogP contribution >= 0.6 is 0 Å². The van der Waals surface area contributed by atoms with Gasteiger partial charge in [0, 0.05) is 24.7 Å². The normalized spacial score (nSPS) is 10.7. The summed E-state index contributed by atoms with van der Waals surface area (Å²) >= 11 is 0. The van der Waals surface area contributed by atoms with Gasteiger partial charge in [-0.1, -0.05) is 54.5 Å². The smallest absolute Gasteiger partial charge is 0.318 e. The molecule has 0 atom stereocenters. The van der Waals surface area contributed by atoms with E-state index in [9.17, 15) is 4.79 Å². The molecule has 1 aromatic heterocycles. The molecular weight excluding hydrogens is 350 g/mol. The third-order valence-electron chi connectivity index (χ3n) is 4.73. The lowest BCUT2D eigenvalue weighted by Gasteiger charge is -2.22. The standard InChI is InChI=1S/C23H27N3O2/c1-4-12-24-23(27)26(15-19-8-6-5-7-9-19)16-21-14-22(28-25-21)20-11-10-17(2)18(3)13-20/h5-11,13-14H,4,12,15-16H2,1-3H3,(H,24,27). The zero-order chi connectivity index (χ0) is 19.9. The first-order valence-corrected chi connectivity index (χ1v) is 9.66. The molecule has 5 nitrogen and oxygen atoms in total. The van der Waals surface area contributed by atoms with E-state index in [1.165, 1.54) is 11.1 Å². The Hall–Kier alpha value is -3.08. The Bertz CT molecular complexity index is 919. The molecule has 2 aromatic carbocycles. The molecule has 0 saturated carbocycles. The molecule has 3 rings (SSSR count). The van der Waals surface area contributed by atoms with Crippen LogP contribution in [0.2, 0.25) is 0 Å². The largest absolute Gasteiger partial charge is 0.356 e. The summed E-state index contributed by atoms with van der Waals surface area (Å²) in [6.45, 7) is 7.75. The molecule has 2 amide bonds. The summed E-state index contributed by atoms with van der Waals surface area (Å²) in [6, 6.07) is 18.0. The van der Waals surface area contributed by atoms with Gasteiger partial charge < -0.3 is 14.7 Å². The van der Waals surface area contributed by atoms with Crippen molar-refractivity contribution in [1.29, 1.82) is 0 Å². The molecule has 0 fully saturated rings. The molecule has 1 N–H and O–H groups in total. The average Bonchev–Trinajstić information content (AvgIpc) is 3.17. The number of nitrogens with one attached hydrogen (secondary N) is 1. The number of urea groups is 1. The van der Waals surface area contributed by atoms with Crippen molar-refractivity contribution in [2.24, 2.45) is 0 Å². The Labute approximate surface area is 166 Å². The van der Waals surface area contributed by atoms with Crippen LogP contribution in [0.3, 0.4) is 0 Å². The predicted molar refractivity (Wildman–Crippen MR) is 111 cm³/mol. The van der Waals surface area contributed by atoms with Gasteiger partial charge in [-0.15, -0.1) is 0 Å². The minimum atomic E-state index is -0.0959. The summed E-state index contributed by atoms with van der Waals surface area (Å²) in [5.41, 5.74) is 5.25. The van der Waals surface area contributed by atoms with Crippen molar-refractivity contribution in [3.63, 3.8) is 0 Å². The number of carbonyl (C=O) groups excluding carboxylic acids is 1. The van der Waals surface area contributed by atoms with Crippen molar-refractivity contribution >= 4 is 6.03 Å². The van der Waals surface area contributed by atoms with Gasteiger partial charge in [0.2, 0.25) is 0 Å². The molecule has 146 valence electrons. The number of hydrogen-bond donors (Lipinski definition) is 1. The summed E-state index contributed by atoms with van der Waals surface area (Å²) in [6.07, 6.45) is 0.895. The van der Waals surface area contributed by atoms with E-state index in [2.05, 4.69) is 36.5 Å². The molecule has 0 bridgehead atoms. The summed E-state index contributed by atoms with van der Waals surface area (Å²) in [4.78, 5) is 14.4. The molecule has 5 heteroatoms. The fourth-order valence-corrected chi connectivity index (χ4v) is 2.96. The monoisotopic (exact) mass is 377 g/mol. The zero-order valence-electron chi connectivity index (χ0n) is 16.7. The van der Waals surface area contributed by atoms with Crippen molar-refractivity contribution in [1.82, 2.24) is 15.4 Å². The van der Waals surface area contributed by atoms with Gasteiger partial charge in [0.1, 0.15) is 5.69 Å². The third-order valence-corrected chi connectivity index (χ3v) is 4.73. The van der Waals surface area contributed by atoms with Crippen molar-refractivity contribution < 1.29 is 9.32 Å². The lowest BCUT2D eigenvalue weighted by molar-refractivity contribution is 0.190. The Morgan fingerprint density at radius 3 is 2.54 bits per heavy atom. The van der Waals surface area contributed by atoms with Gasteiger partial charge in [0.15, 0.2) is 5.76 Å². The number of aromatic nitrogens is 1. The van der Waals surface area contributed by atoms with Crippen LogP contribution in [0.15, 0.2) is 59.1 Å². The van der Waals surface area contributed by atoms with E-state index in [0.717, 1.165) is 23.2 Å². The van der Waals surface area contributed by atoms with Gasteiger partial charge in [-0.3, -0.25) is 0 Å².